The summed E-state index contributed by atoms with van der Waals surface area (Å²) in [7, 11) is 0. The van der Waals surface area contributed by atoms with Gasteiger partial charge in [0.15, 0.2) is 0 Å². The lowest BCUT2D eigenvalue weighted by Gasteiger charge is -2.32. The van der Waals surface area contributed by atoms with Crippen LogP contribution >= 0.6 is 11.3 Å². The van der Waals surface area contributed by atoms with E-state index in [1.165, 1.54) is 24.0 Å². The van der Waals surface area contributed by atoms with Crippen molar-refractivity contribution in [3.8, 4) is 0 Å². The number of amides is 1. The van der Waals surface area contributed by atoms with Gasteiger partial charge in [-0.1, -0.05) is 0 Å². The van der Waals surface area contributed by atoms with Gasteiger partial charge in [-0.15, -0.1) is 11.3 Å². The van der Waals surface area contributed by atoms with Crippen LogP contribution in [0.3, 0.4) is 0 Å². The zero-order valence-corrected chi connectivity index (χ0v) is 14.1. The molecule has 2 aromatic heterocycles. The number of piperidine rings is 1. The van der Waals surface area contributed by atoms with Crippen molar-refractivity contribution in [2.75, 3.05) is 13.1 Å². The molecule has 1 saturated heterocycles. The molecular formula is C16H21N5OS. The Balaban J connectivity index is 1.61. The molecular weight excluding hydrogens is 310 g/mol. The third-order valence-corrected chi connectivity index (χ3v) is 5.21. The molecule has 23 heavy (non-hydrogen) atoms. The number of carbonyl (C=O) groups excluding carboxylic acids is 1. The highest BCUT2D eigenvalue weighted by atomic mass is 32.1. The second kappa shape index (κ2) is 7.14. The molecule has 0 spiro atoms. The normalized spacial score (nSPS) is 18.9. The molecule has 122 valence electrons. The number of primary amides is 1. The van der Waals surface area contributed by atoms with Crippen molar-refractivity contribution < 1.29 is 4.79 Å². The zero-order chi connectivity index (χ0) is 16.2. The highest BCUT2D eigenvalue weighted by Gasteiger charge is 2.22. The lowest BCUT2D eigenvalue weighted by molar-refractivity contribution is 0.0995. The highest BCUT2D eigenvalue weighted by Crippen LogP contribution is 2.23. The molecule has 0 unspecified atom stereocenters. The van der Waals surface area contributed by atoms with Crippen molar-refractivity contribution in [1.82, 2.24) is 19.9 Å². The van der Waals surface area contributed by atoms with Crippen LogP contribution < -0.4 is 5.73 Å². The molecule has 0 radical (unpaired) electrons. The van der Waals surface area contributed by atoms with Crippen LogP contribution in [0.5, 0.6) is 0 Å². The van der Waals surface area contributed by atoms with Crippen LogP contribution in [0.15, 0.2) is 17.9 Å². The molecule has 0 bridgehead atoms. The lowest BCUT2D eigenvalue weighted by atomic mass is 9.93. The van der Waals surface area contributed by atoms with Crippen molar-refractivity contribution in [3.05, 3.63) is 39.9 Å². The van der Waals surface area contributed by atoms with E-state index >= 15 is 0 Å². The molecule has 2 aromatic rings. The number of nitrogens with zero attached hydrogens (tertiary/aromatic N) is 4. The van der Waals surface area contributed by atoms with E-state index in [9.17, 15) is 4.79 Å². The predicted molar refractivity (Wildman–Crippen MR) is 89.1 cm³/mol. The average molecular weight is 331 g/mol. The van der Waals surface area contributed by atoms with Gasteiger partial charge in [-0.25, -0.2) is 15.0 Å². The van der Waals surface area contributed by atoms with E-state index < -0.39 is 5.91 Å². The summed E-state index contributed by atoms with van der Waals surface area (Å²) in [5, 5.41) is 0. The Morgan fingerprint density at radius 3 is 3.04 bits per heavy atom. The minimum absolute atomic E-state index is 0.294. The number of nitrogens with two attached hydrogens (primary N) is 1. The molecule has 0 saturated carbocycles. The van der Waals surface area contributed by atoms with Gasteiger partial charge >= 0.3 is 0 Å². The molecule has 0 aromatic carbocycles. The average Bonchev–Trinajstić information content (AvgIpc) is 2.93. The molecule has 2 N–H and O–H groups in total. The SMILES string of the molecule is Cc1ncsc1CN1CCC[C@H](Cc2cc(C(N)=O)ncn2)C1. The number of aryl methyl sites for hydroxylation is 1. The summed E-state index contributed by atoms with van der Waals surface area (Å²) in [4.78, 5) is 27.6. The molecule has 1 amide bonds. The van der Waals surface area contributed by atoms with Crippen LogP contribution in [0.4, 0.5) is 0 Å². The first-order valence-electron chi connectivity index (χ1n) is 7.84. The molecule has 6 nitrogen and oxygen atoms in total. The maximum absolute atomic E-state index is 11.2. The van der Waals surface area contributed by atoms with E-state index in [1.807, 2.05) is 5.51 Å². The summed E-state index contributed by atoms with van der Waals surface area (Å²) in [6, 6.07) is 1.72. The van der Waals surface area contributed by atoms with Crippen molar-refractivity contribution in [2.45, 2.75) is 32.7 Å². The zero-order valence-electron chi connectivity index (χ0n) is 13.2. The van der Waals surface area contributed by atoms with E-state index in [0.29, 0.717) is 11.6 Å². The minimum atomic E-state index is -0.500. The molecule has 1 atom stereocenters. The standard InChI is InChI=1S/C16H21N5OS/c1-11-15(23-10-20-11)8-21-4-2-3-12(7-21)5-13-6-14(16(17)22)19-9-18-13/h6,9-10,12H,2-5,7-8H2,1H3,(H2,17,22)/t12-/m1/s1. The summed E-state index contributed by atoms with van der Waals surface area (Å²) >= 11 is 1.73. The van der Waals surface area contributed by atoms with Crippen LogP contribution in [0.1, 0.15) is 39.6 Å². The van der Waals surface area contributed by atoms with Gasteiger partial charge in [-0.05, 0) is 44.7 Å². The van der Waals surface area contributed by atoms with Crippen molar-refractivity contribution >= 4 is 17.2 Å². The van der Waals surface area contributed by atoms with Crippen LogP contribution in [0.25, 0.3) is 0 Å². The van der Waals surface area contributed by atoms with Crippen molar-refractivity contribution in [3.63, 3.8) is 0 Å². The third kappa shape index (κ3) is 4.11. The Kier molecular flexibility index (Phi) is 4.97. The minimum Gasteiger partial charge on any atom is -0.364 e. The van der Waals surface area contributed by atoms with E-state index in [0.717, 1.165) is 37.4 Å². The summed E-state index contributed by atoms with van der Waals surface area (Å²) in [5.41, 5.74) is 9.53. The molecule has 1 aliphatic rings. The van der Waals surface area contributed by atoms with E-state index in [1.54, 1.807) is 17.4 Å². The summed E-state index contributed by atoms with van der Waals surface area (Å²) in [6.07, 6.45) is 4.67. The molecule has 1 aliphatic heterocycles. The summed E-state index contributed by atoms with van der Waals surface area (Å²) in [5.74, 6) is 0.0483. The van der Waals surface area contributed by atoms with Crippen molar-refractivity contribution in [1.29, 1.82) is 0 Å². The van der Waals surface area contributed by atoms with Gasteiger partial charge in [-0.3, -0.25) is 9.69 Å². The van der Waals surface area contributed by atoms with E-state index in [-0.39, 0.29) is 0 Å². The summed E-state index contributed by atoms with van der Waals surface area (Å²) in [6.45, 7) is 5.22. The smallest absolute Gasteiger partial charge is 0.267 e. The number of likely N-dealkylation sites (tertiary alicyclic amines) is 1. The lowest BCUT2D eigenvalue weighted by Crippen LogP contribution is -2.35. The monoisotopic (exact) mass is 331 g/mol. The predicted octanol–water partition coefficient (Wildman–Crippen LogP) is 1.80. The van der Waals surface area contributed by atoms with Gasteiger partial charge in [0.05, 0.1) is 11.2 Å². The van der Waals surface area contributed by atoms with Gasteiger partial charge in [0.25, 0.3) is 5.91 Å². The maximum atomic E-state index is 11.2. The first-order valence-corrected chi connectivity index (χ1v) is 8.72. The maximum Gasteiger partial charge on any atom is 0.267 e. The van der Waals surface area contributed by atoms with Crippen molar-refractivity contribution in [2.24, 2.45) is 11.7 Å². The topological polar surface area (TPSA) is 85.0 Å². The molecule has 3 heterocycles. The Morgan fingerprint density at radius 2 is 2.30 bits per heavy atom. The Bertz CT molecular complexity index is 687. The number of hydrogen-bond acceptors (Lipinski definition) is 6. The Labute approximate surface area is 139 Å². The molecule has 1 fully saturated rings. The second-order valence-corrected chi connectivity index (χ2v) is 7.01. The van der Waals surface area contributed by atoms with Gasteiger partial charge in [-0.2, -0.15) is 0 Å². The van der Waals surface area contributed by atoms with Gasteiger partial charge < -0.3 is 5.73 Å². The number of rotatable bonds is 5. The van der Waals surface area contributed by atoms with Crippen LogP contribution in [-0.2, 0) is 13.0 Å². The van der Waals surface area contributed by atoms with Crippen LogP contribution in [-0.4, -0.2) is 38.8 Å². The molecule has 7 heteroatoms. The third-order valence-electron chi connectivity index (χ3n) is 4.29. The van der Waals surface area contributed by atoms with Gasteiger partial charge in [0.2, 0.25) is 0 Å². The first kappa shape index (κ1) is 16.0. The molecule has 3 rings (SSSR count). The number of thiazole rings is 1. The second-order valence-electron chi connectivity index (χ2n) is 6.07. The fraction of sp³-hybridized carbons (Fsp3) is 0.500. The van der Waals surface area contributed by atoms with E-state index in [4.69, 9.17) is 5.73 Å². The first-order chi connectivity index (χ1) is 11.1. The van der Waals surface area contributed by atoms with Crippen LogP contribution in [0.2, 0.25) is 0 Å². The summed E-state index contributed by atoms with van der Waals surface area (Å²) < 4.78 is 0. The highest BCUT2D eigenvalue weighted by molar-refractivity contribution is 7.09. The Morgan fingerprint density at radius 1 is 1.43 bits per heavy atom. The van der Waals surface area contributed by atoms with Gasteiger partial charge in [0, 0.05) is 23.7 Å². The number of aromatic nitrogens is 3. The fourth-order valence-corrected chi connectivity index (χ4v) is 3.90. The van der Waals surface area contributed by atoms with Gasteiger partial charge in [0.1, 0.15) is 12.0 Å². The molecule has 0 aliphatic carbocycles. The quantitative estimate of drug-likeness (QED) is 0.903. The Hall–Kier alpha value is -1.86. The van der Waals surface area contributed by atoms with E-state index in [2.05, 4.69) is 26.8 Å². The fourth-order valence-electron chi connectivity index (χ4n) is 3.08. The number of carbonyl (C=O) groups is 1. The largest absolute Gasteiger partial charge is 0.364 e. The number of hydrogen-bond donors (Lipinski definition) is 1. The van der Waals surface area contributed by atoms with Crippen LogP contribution in [0, 0.1) is 12.8 Å².